The van der Waals surface area contributed by atoms with Crippen molar-refractivity contribution in [1.29, 1.82) is 0 Å². The summed E-state index contributed by atoms with van der Waals surface area (Å²) in [6, 6.07) is 9.39. The summed E-state index contributed by atoms with van der Waals surface area (Å²) in [6.45, 7) is 4.19. The zero-order valence-corrected chi connectivity index (χ0v) is 12.0. The third kappa shape index (κ3) is 3.39. The van der Waals surface area contributed by atoms with Crippen molar-refractivity contribution in [2.45, 2.75) is 32.7 Å². The van der Waals surface area contributed by atoms with E-state index in [0.717, 1.165) is 31.3 Å². The molecule has 0 spiro atoms. The lowest BCUT2D eigenvalue weighted by molar-refractivity contribution is 0.126. The lowest BCUT2D eigenvalue weighted by Crippen LogP contribution is -2.23. The Morgan fingerprint density at radius 2 is 1.95 bits per heavy atom. The lowest BCUT2D eigenvalue weighted by atomic mass is 10.1. The number of benzene rings is 1. The van der Waals surface area contributed by atoms with Crippen molar-refractivity contribution < 1.29 is 4.74 Å². The van der Waals surface area contributed by atoms with Gasteiger partial charge in [-0.25, -0.2) is 0 Å². The van der Waals surface area contributed by atoms with Crippen LogP contribution in [0.25, 0.3) is 10.8 Å². The zero-order valence-electron chi connectivity index (χ0n) is 12.0. The Bertz CT molecular complexity index is 619. The molecule has 0 atom stereocenters. The van der Waals surface area contributed by atoms with Gasteiger partial charge in [-0.05, 0) is 30.4 Å². The highest BCUT2D eigenvalue weighted by atomic mass is 16.5. The molecule has 0 aliphatic heterocycles. The molecule has 1 heterocycles. The third-order valence-corrected chi connectivity index (χ3v) is 3.36. The second-order valence-electron chi connectivity index (χ2n) is 4.93. The Hall–Kier alpha value is -1.81. The second-order valence-corrected chi connectivity index (χ2v) is 4.93. The van der Waals surface area contributed by atoms with Crippen LogP contribution in [-0.2, 0) is 11.3 Å². The molecule has 0 aliphatic carbocycles. The molecule has 0 bridgehead atoms. The minimum Gasteiger partial charge on any atom is -0.385 e. The van der Waals surface area contributed by atoms with Gasteiger partial charge in [-0.2, -0.15) is 0 Å². The Balaban J connectivity index is 2.05. The highest BCUT2D eigenvalue weighted by molar-refractivity contribution is 5.83. The number of hydrogen-bond acceptors (Lipinski definition) is 3. The SMILES string of the molecule is CCCCOCCCn1c(N)cc2ccccc2c1=O. The molecule has 1 aromatic heterocycles. The molecule has 1 aromatic carbocycles. The maximum atomic E-state index is 12.4. The molecule has 20 heavy (non-hydrogen) atoms. The number of aromatic nitrogens is 1. The summed E-state index contributed by atoms with van der Waals surface area (Å²) >= 11 is 0. The number of anilines is 1. The van der Waals surface area contributed by atoms with Crippen LogP contribution in [0.5, 0.6) is 0 Å². The molecule has 0 unspecified atom stereocenters. The number of nitrogens with two attached hydrogens (primary N) is 1. The minimum atomic E-state index is -0.0193. The van der Waals surface area contributed by atoms with Crippen molar-refractivity contribution in [1.82, 2.24) is 4.57 Å². The maximum absolute atomic E-state index is 12.4. The number of nitrogens with zero attached hydrogens (tertiary/aromatic N) is 1. The zero-order chi connectivity index (χ0) is 14.4. The van der Waals surface area contributed by atoms with E-state index in [1.165, 1.54) is 0 Å². The first-order valence-corrected chi connectivity index (χ1v) is 7.20. The first-order chi connectivity index (χ1) is 9.74. The van der Waals surface area contributed by atoms with Crippen LogP contribution in [0.2, 0.25) is 0 Å². The summed E-state index contributed by atoms with van der Waals surface area (Å²) in [5.74, 6) is 0.516. The summed E-state index contributed by atoms with van der Waals surface area (Å²) < 4.78 is 7.14. The van der Waals surface area contributed by atoms with Crippen molar-refractivity contribution in [3.8, 4) is 0 Å². The number of rotatable bonds is 7. The Labute approximate surface area is 119 Å². The van der Waals surface area contributed by atoms with E-state index in [2.05, 4.69) is 6.92 Å². The predicted molar refractivity (Wildman–Crippen MR) is 83.0 cm³/mol. The Morgan fingerprint density at radius 3 is 2.75 bits per heavy atom. The van der Waals surface area contributed by atoms with E-state index in [1.54, 1.807) is 4.57 Å². The summed E-state index contributed by atoms with van der Waals surface area (Å²) in [4.78, 5) is 12.4. The number of unbranched alkanes of at least 4 members (excludes halogenated alkanes) is 1. The van der Waals surface area contributed by atoms with Crippen LogP contribution >= 0.6 is 0 Å². The molecular weight excluding hydrogens is 252 g/mol. The topological polar surface area (TPSA) is 57.2 Å². The summed E-state index contributed by atoms with van der Waals surface area (Å²) in [5.41, 5.74) is 5.95. The van der Waals surface area contributed by atoms with E-state index < -0.39 is 0 Å². The molecule has 108 valence electrons. The average Bonchev–Trinajstić information content (AvgIpc) is 2.45. The largest absolute Gasteiger partial charge is 0.385 e. The van der Waals surface area contributed by atoms with Crippen molar-refractivity contribution >= 4 is 16.6 Å². The summed E-state index contributed by atoms with van der Waals surface area (Å²) in [5, 5.41) is 1.61. The molecule has 2 N–H and O–H groups in total. The van der Waals surface area contributed by atoms with Gasteiger partial charge >= 0.3 is 0 Å². The van der Waals surface area contributed by atoms with Gasteiger partial charge in [0.1, 0.15) is 5.82 Å². The van der Waals surface area contributed by atoms with Gasteiger partial charge in [-0.1, -0.05) is 31.5 Å². The second kappa shape index (κ2) is 7.10. The molecule has 4 heteroatoms. The molecule has 0 amide bonds. The average molecular weight is 274 g/mol. The van der Waals surface area contributed by atoms with Crippen molar-refractivity contribution in [2.24, 2.45) is 0 Å². The first kappa shape index (κ1) is 14.6. The standard InChI is InChI=1S/C16H22N2O2/c1-2-3-10-20-11-6-9-18-15(17)12-13-7-4-5-8-14(13)16(18)19/h4-5,7-8,12H,2-3,6,9-11,17H2,1H3. The van der Waals surface area contributed by atoms with Crippen LogP contribution < -0.4 is 11.3 Å². The third-order valence-electron chi connectivity index (χ3n) is 3.36. The summed E-state index contributed by atoms with van der Waals surface area (Å²) in [7, 11) is 0. The smallest absolute Gasteiger partial charge is 0.259 e. The van der Waals surface area contributed by atoms with E-state index in [4.69, 9.17) is 10.5 Å². The van der Waals surface area contributed by atoms with Gasteiger partial charge in [0.15, 0.2) is 0 Å². The monoisotopic (exact) mass is 274 g/mol. The molecule has 0 fully saturated rings. The fourth-order valence-corrected chi connectivity index (χ4v) is 2.22. The number of pyridine rings is 1. The fourth-order valence-electron chi connectivity index (χ4n) is 2.22. The van der Waals surface area contributed by atoms with Gasteiger partial charge in [0.2, 0.25) is 0 Å². The number of ether oxygens (including phenoxy) is 1. The van der Waals surface area contributed by atoms with E-state index in [0.29, 0.717) is 24.4 Å². The van der Waals surface area contributed by atoms with Gasteiger partial charge in [-0.15, -0.1) is 0 Å². The van der Waals surface area contributed by atoms with Crippen molar-refractivity contribution in [2.75, 3.05) is 18.9 Å². The summed E-state index contributed by atoms with van der Waals surface area (Å²) in [6.07, 6.45) is 3.02. The molecule has 0 radical (unpaired) electrons. The fraction of sp³-hybridized carbons (Fsp3) is 0.438. The highest BCUT2D eigenvalue weighted by Crippen LogP contribution is 2.13. The molecular formula is C16H22N2O2. The molecule has 2 aromatic rings. The number of nitrogen functional groups attached to an aromatic ring is 1. The van der Waals surface area contributed by atoms with Crippen LogP contribution in [-0.4, -0.2) is 17.8 Å². The van der Waals surface area contributed by atoms with Crippen LogP contribution in [0, 0.1) is 0 Å². The molecule has 4 nitrogen and oxygen atoms in total. The van der Waals surface area contributed by atoms with Crippen LogP contribution in [0.1, 0.15) is 26.2 Å². The van der Waals surface area contributed by atoms with Crippen molar-refractivity contribution in [3.63, 3.8) is 0 Å². The lowest BCUT2D eigenvalue weighted by Gasteiger charge is -2.11. The number of hydrogen-bond donors (Lipinski definition) is 1. The van der Waals surface area contributed by atoms with Gasteiger partial charge in [0.25, 0.3) is 5.56 Å². The van der Waals surface area contributed by atoms with Gasteiger partial charge in [0, 0.05) is 25.1 Å². The predicted octanol–water partition coefficient (Wildman–Crippen LogP) is 2.79. The Morgan fingerprint density at radius 1 is 1.20 bits per heavy atom. The van der Waals surface area contributed by atoms with Crippen molar-refractivity contribution in [3.05, 3.63) is 40.7 Å². The normalized spacial score (nSPS) is 11.1. The maximum Gasteiger partial charge on any atom is 0.259 e. The van der Waals surface area contributed by atoms with Crippen LogP contribution in [0.4, 0.5) is 5.82 Å². The minimum absolute atomic E-state index is 0.0193. The Kier molecular flexibility index (Phi) is 5.18. The highest BCUT2D eigenvalue weighted by Gasteiger charge is 2.06. The van der Waals surface area contributed by atoms with E-state index in [9.17, 15) is 4.79 Å². The first-order valence-electron chi connectivity index (χ1n) is 7.20. The molecule has 0 saturated heterocycles. The molecule has 0 aliphatic rings. The van der Waals surface area contributed by atoms with Crippen LogP contribution in [0.3, 0.4) is 0 Å². The van der Waals surface area contributed by atoms with Crippen LogP contribution in [0.15, 0.2) is 35.1 Å². The molecule has 0 saturated carbocycles. The number of fused-ring (bicyclic) bond motifs is 1. The molecule has 2 rings (SSSR count). The van der Waals surface area contributed by atoms with E-state index in [1.807, 2.05) is 30.3 Å². The van der Waals surface area contributed by atoms with E-state index >= 15 is 0 Å². The van der Waals surface area contributed by atoms with Gasteiger partial charge in [-0.3, -0.25) is 9.36 Å². The quantitative estimate of drug-likeness (QED) is 0.790. The van der Waals surface area contributed by atoms with Gasteiger partial charge < -0.3 is 10.5 Å². The van der Waals surface area contributed by atoms with E-state index in [-0.39, 0.29) is 5.56 Å². The van der Waals surface area contributed by atoms with Gasteiger partial charge in [0.05, 0.1) is 0 Å².